The van der Waals surface area contributed by atoms with Gasteiger partial charge in [-0.2, -0.15) is 0 Å². The first-order chi connectivity index (χ1) is 10.2. The second-order valence-corrected chi connectivity index (χ2v) is 4.84. The van der Waals surface area contributed by atoms with Crippen LogP contribution < -0.4 is 0 Å². The molecule has 1 aromatic carbocycles. The van der Waals surface area contributed by atoms with E-state index in [-0.39, 0.29) is 11.7 Å². The van der Waals surface area contributed by atoms with Crippen LogP contribution in [0, 0.1) is 17.7 Å². The molecule has 0 N–H and O–H groups in total. The molecule has 3 nitrogen and oxygen atoms in total. The van der Waals surface area contributed by atoms with E-state index >= 15 is 0 Å². The number of likely N-dealkylation sites (tertiary alicyclic amines) is 1. The summed E-state index contributed by atoms with van der Waals surface area (Å²) in [5.41, 5.74) is 1.72. The second-order valence-electron chi connectivity index (χ2n) is 4.84. The van der Waals surface area contributed by atoms with E-state index in [1.54, 1.807) is 29.2 Å². The Morgan fingerprint density at radius 1 is 1.19 bits per heavy atom. The van der Waals surface area contributed by atoms with Crippen molar-refractivity contribution in [3.8, 4) is 11.8 Å². The highest BCUT2D eigenvalue weighted by atomic mass is 19.1. The van der Waals surface area contributed by atoms with Crippen LogP contribution in [-0.4, -0.2) is 28.9 Å². The maximum atomic E-state index is 13.0. The van der Waals surface area contributed by atoms with Gasteiger partial charge in [-0.15, -0.1) is 0 Å². The van der Waals surface area contributed by atoms with E-state index in [9.17, 15) is 9.18 Å². The Balaban J connectivity index is 1.74. The van der Waals surface area contributed by atoms with Crippen molar-refractivity contribution in [1.29, 1.82) is 0 Å². The van der Waals surface area contributed by atoms with Gasteiger partial charge in [0.05, 0.1) is 5.56 Å². The third-order valence-electron chi connectivity index (χ3n) is 3.31. The van der Waals surface area contributed by atoms with Crippen LogP contribution in [-0.2, 0) is 0 Å². The number of hydrogen-bond donors (Lipinski definition) is 0. The summed E-state index contributed by atoms with van der Waals surface area (Å²) in [6.07, 6.45) is 2.60. The van der Waals surface area contributed by atoms with Crippen molar-refractivity contribution >= 4 is 5.91 Å². The van der Waals surface area contributed by atoms with Crippen LogP contribution in [0.4, 0.5) is 4.39 Å². The van der Waals surface area contributed by atoms with E-state index in [2.05, 4.69) is 16.8 Å². The minimum Gasteiger partial charge on any atom is -0.338 e. The molecule has 0 aliphatic carbocycles. The van der Waals surface area contributed by atoms with Crippen LogP contribution in [0.5, 0.6) is 0 Å². The summed E-state index contributed by atoms with van der Waals surface area (Å²) < 4.78 is 13.0. The number of hydrogen-bond acceptors (Lipinski definition) is 2. The van der Waals surface area contributed by atoms with Gasteiger partial charge in [0.15, 0.2) is 0 Å². The normalized spacial score (nSPS) is 13.1. The van der Waals surface area contributed by atoms with E-state index < -0.39 is 0 Å². The fourth-order valence-electron chi connectivity index (χ4n) is 2.00. The lowest BCUT2D eigenvalue weighted by Gasteiger charge is -2.30. The van der Waals surface area contributed by atoms with Crippen molar-refractivity contribution in [2.24, 2.45) is 0 Å². The lowest BCUT2D eigenvalue weighted by Crippen LogP contribution is -2.42. The quantitative estimate of drug-likeness (QED) is 0.752. The highest BCUT2D eigenvalue weighted by molar-refractivity contribution is 5.94. The second kappa shape index (κ2) is 5.76. The molecule has 1 aliphatic heterocycles. The Kier molecular flexibility index (Phi) is 3.65. The zero-order valence-corrected chi connectivity index (χ0v) is 11.3. The lowest BCUT2D eigenvalue weighted by atomic mass is 10.1. The minimum atomic E-state index is -0.315. The predicted octanol–water partition coefficient (Wildman–Crippen LogP) is 2.47. The molecule has 0 spiro atoms. The molecule has 1 aliphatic rings. The van der Waals surface area contributed by atoms with Gasteiger partial charge in [-0.3, -0.25) is 4.79 Å². The summed E-state index contributed by atoms with van der Waals surface area (Å²) in [7, 11) is 0. The highest BCUT2D eigenvalue weighted by Gasteiger charge is 2.21. The molecule has 2 heterocycles. The Morgan fingerprint density at radius 3 is 2.67 bits per heavy atom. The molecular weight excluding hydrogens is 267 g/mol. The summed E-state index contributed by atoms with van der Waals surface area (Å²) in [6, 6.07) is 9.52. The number of carbonyl (C=O) groups excluding carboxylic acids is 1. The number of amides is 1. The highest BCUT2D eigenvalue weighted by Crippen LogP contribution is 2.12. The van der Waals surface area contributed by atoms with Crippen molar-refractivity contribution in [2.75, 3.05) is 13.1 Å². The first kappa shape index (κ1) is 13.3. The first-order valence-electron chi connectivity index (χ1n) is 6.75. The maximum absolute atomic E-state index is 13.0. The number of aromatic nitrogens is 1. The van der Waals surface area contributed by atoms with Gasteiger partial charge in [0.2, 0.25) is 0 Å². The van der Waals surface area contributed by atoms with Crippen molar-refractivity contribution in [3.05, 3.63) is 65.2 Å². The molecule has 1 fully saturated rings. The summed E-state index contributed by atoms with van der Waals surface area (Å²) in [5.74, 6) is 5.40. The summed E-state index contributed by atoms with van der Waals surface area (Å²) in [6.45, 7) is 1.64. The van der Waals surface area contributed by atoms with Crippen LogP contribution in [0.25, 0.3) is 0 Å². The van der Waals surface area contributed by atoms with Crippen LogP contribution in [0.15, 0.2) is 42.6 Å². The van der Waals surface area contributed by atoms with Crippen LogP contribution >= 0.6 is 0 Å². The zero-order valence-electron chi connectivity index (χ0n) is 11.3. The van der Waals surface area contributed by atoms with Gasteiger partial charge in [0.1, 0.15) is 11.5 Å². The summed E-state index contributed by atoms with van der Waals surface area (Å²) in [5, 5.41) is 0. The van der Waals surface area contributed by atoms with Crippen molar-refractivity contribution in [3.63, 3.8) is 0 Å². The molecule has 1 aromatic heterocycles. The fraction of sp³-hybridized carbons (Fsp3) is 0.176. The Labute approximate surface area is 122 Å². The van der Waals surface area contributed by atoms with Gasteiger partial charge in [0.25, 0.3) is 5.91 Å². The Morgan fingerprint density at radius 2 is 2.05 bits per heavy atom. The molecule has 104 valence electrons. The average Bonchev–Trinajstić information content (AvgIpc) is 2.44. The van der Waals surface area contributed by atoms with Crippen LogP contribution in [0.1, 0.15) is 28.0 Å². The van der Waals surface area contributed by atoms with Gasteiger partial charge < -0.3 is 4.90 Å². The van der Waals surface area contributed by atoms with Gasteiger partial charge in [0, 0.05) is 24.8 Å². The topological polar surface area (TPSA) is 33.2 Å². The number of benzene rings is 1. The van der Waals surface area contributed by atoms with Gasteiger partial charge in [-0.1, -0.05) is 12.0 Å². The average molecular weight is 280 g/mol. The number of halogens is 1. The first-order valence-corrected chi connectivity index (χ1v) is 6.75. The molecule has 0 atom stereocenters. The fourth-order valence-corrected chi connectivity index (χ4v) is 2.00. The van der Waals surface area contributed by atoms with Crippen molar-refractivity contribution in [1.82, 2.24) is 9.88 Å². The number of pyridine rings is 1. The smallest absolute Gasteiger partial charge is 0.255 e. The van der Waals surface area contributed by atoms with E-state index in [1.165, 1.54) is 18.3 Å². The summed E-state index contributed by atoms with van der Waals surface area (Å²) >= 11 is 0. The molecule has 4 heteroatoms. The monoisotopic (exact) mass is 280 g/mol. The molecule has 0 unspecified atom stereocenters. The molecular formula is C17H13FN2O. The third kappa shape index (κ3) is 3.09. The van der Waals surface area contributed by atoms with Crippen molar-refractivity contribution in [2.45, 2.75) is 6.42 Å². The van der Waals surface area contributed by atoms with E-state index in [0.717, 1.165) is 19.5 Å². The Bertz CT molecular complexity index is 724. The maximum Gasteiger partial charge on any atom is 0.255 e. The molecule has 0 saturated carbocycles. The van der Waals surface area contributed by atoms with E-state index in [0.29, 0.717) is 16.8 Å². The molecule has 2 aromatic rings. The van der Waals surface area contributed by atoms with Crippen molar-refractivity contribution < 1.29 is 9.18 Å². The molecule has 0 radical (unpaired) electrons. The van der Waals surface area contributed by atoms with E-state index in [4.69, 9.17) is 0 Å². The Hall–Kier alpha value is -2.67. The molecule has 21 heavy (non-hydrogen) atoms. The molecule has 1 amide bonds. The molecule has 3 rings (SSSR count). The minimum absolute atomic E-state index is 0.0124. The van der Waals surface area contributed by atoms with Gasteiger partial charge in [-0.05, 0) is 42.7 Å². The van der Waals surface area contributed by atoms with Crippen LogP contribution in [0.3, 0.4) is 0 Å². The zero-order chi connectivity index (χ0) is 14.7. The van der Waals surface area contributed by atoms with Crippen LogP contribution in [0.2, 0.25) is 0 Å². The largest absolute Gasteiger partial charge is 0.338 e. The summed E-state index contributed by atoms with van der Waals surface area (Å²) in [4.78, 5) is 17.9. The lowest BCUT2D eigenvalue weighted by molar-refractivity contribution is 0.0651. The van der Waals surface area contributed by atoms with E-state index in [1.807, 2.05) is 0 Å². The molecule has 0 bridgehead atoms. The standard InChI is InChI=1S/C17H13FN2O/c18-15-4-1-3-13(11-15)5-7-16-8-6-14(12-19-16)17(21)20-9-2-10-20/h1,3-4,6,8,11-12H,2,9-10H2. The van der Waals surface area contributed by atoms with Gasteiger partial charge >= 0.3 is 0 Å². The third-order valence-corrected chi connectivity index (χ3v) is 3.31. The number of rotatable bonds is 1. The number of nitrogens with zero attached hydrogens (tertiary/aromatic N) is 2. The predicted molar refractivity (Wildman–Crippen MR) is 77.1 cm³/mol. The van der Waals surface area contributed by atoms with Gasteiger partial charge in [-0.25, -0.2) is 9.37 Å². The SMILES string of the molecule is O=C(c1ccc(C#Cc2cccc(F)c2)nc1)N1CCC1. The molecule has 1 saturated heterocycles. The number of carbonyl (C=O) groups is 1.